The molecule has 1 unspecified atom stereocenters. The van der Waals surface area contributed by atoms with Gasteiger partial charge in [0.25, 0.3) is 0 Å². The van der Waals surface area contributed by atoms with Gasteiger partial charge in [0.1, 0.15) is 0 Å². The monoisotopic (exact) mass is 350 g/mol. The Kier molecular flexibility index (Phi) is 5.36. The van der Waals surface area contributed by atoms with Crippen LogP contribution in [-0.2, 0) is 6.54 Å². The van der Waals surface area contributed by atoms with Gasteiger partial charge in [-0.1, -0.05) is 29.3 Å². The molecule has 4 nitrogen and oxygen atoms in total. The minimum atomic E-state index is 0.340. The van der Waals surface area contributed by atoms with Crippen molar-refractivity contribution in [3.05, 3.63) is 51.8 Å². The molecule has 2 aromatic rings. The van der Waals surface area contributed by atoms with E-state index < -0.39 is 0 Å². The maximum absolute atomic E-state index is 6.29. The van der Waals surface area contributed by atoms with E-state index in [1.807, 2.05) is 31.2 Å². The Morgan fingerprint density at radius 3 is 2.78 bits per heavy atom. The minimum Gasteiger partial charge on any atom is -0.350 e. The third-order valence-electron chi connectivity index (χ3n) is 4.08. The third kappa shape index (κ3) is 4.34. The van der Waals surface area contributed by atoms with Gasteiger partial charge in [0.05, 0.1) is 0 Å². The summed E-state index contributed by atoms with van der Waals surface area (Å²) in [4.78, 5) is 11.1. The van der Waals surface area contributed by atoms with Crippen molar-refractivity contribution in [2.75, 3.05) is 18.4 Å². The second kappa shape index (κ2) is 7.47. The van der Waals surface area contributed by atoms with E-state index in [2.05, 4.69) is 20.2 Å². The first-order valence-electron chi connectivity index (χ1n) is 7.83. The van der Waals surface area contributed by atoms with Crippen molar-refractivity contribution in [1.82, 2.24) is 14.9 Å². The SMILES string of the molecule is Cc1ccnc(NC2CCCN(Cc3c(Cl)cccc3Cl)C2)n1. The largest absolute Gasteiger partial charge is 0.350 e. The summed E-state index contributed by atoms with van der Waals surface area (Å²) in [6, 6.07) is 7.90. The molecule has 0 saturated carbocycles. The Labute approximate surface area is 146 Å². The molecule has 1 saturated heterocycles. The van der Waals surface area contributed by atoms with Crippen LogP contribution in [0.1, 0.15) is 24.1 Å². The maximum atomic E-state index is 6.29. The van der Waals surface area contributed by atoms with Gasteiger partial charge < -0.3 is 5.32 Å². The zero-order valence-electron chi connectivity index (χ0n) is 13.1. The number of hydrogen-bond acceptors (Lipinski definition) is 4. The van der Waals surface area contributed by atoms with Crippen molar-refractivity contribution in [2.24, 2.45) is 0 Å². The highest BCUT2D eigenvalue weighted by molar-refractivity contribution is 6.35. The molecule has 1 aliphatic heterocycles. The Morgan fingerprint density at radius 2 is 2.04 bits per heavy atom. The lowest BCUT2D eigenvalue weighted by Gasteiger charge is -2.33. The van der Waals surface area contributed by atoms with Gasteiger partial charge in [-0.25, -0.2) is 9.97 Å². The number of hydrogen-bond donors (Lipinski definition) is 1. The topological polar surface area (TPSA) is 41.1 Å². The number of aryl methyl sites for hydroxylation is 1. The Morgan fingerprint density at radius 1 is 1.26 bits per heavy atom. The zero-order chi connectivity index (χ0) is 16.2. The molecular weight excluding hydrogens is 331 g/mol. The van der Waals surface area contributed by atoms with Crippen LogP contribution in [0.3, 0.4) is 0 Å². The first kappa shape index (κ1) is 16.5. The Bertz CT molecular complexity index is 657. The summed E-state index contributed by atoms with van der Waals surface area (Å²) in [5, 5.41) is 4.90. The summed E-state index contributed by atoms with van der Waals surface area (Å²) in [5.41, 5.74) is 1.97. The number of anilines is 1. The highest BCUT2D eigenvalue weighted by Crippen LogP contribution is 2.27. The number of likely N-dealkylation sites (tertiary alicyclic amines) is 1. The lowest BCUT2D eigenvalue weighted by Crippen LogP contribution is -2.42. The second-order valence-corrected chi connectivity index (χ2v) is 6.75. The van der Waals surface area contributed by atoms with E-state index in [-0.39, 0.29) is 0 Å². The number of benzene rings is 1. The van der Waals surface area contributed by atoms with Crippen molar-refractivity contribution >= 4 is 29.2 Å². The predicted octanol–water partition coefficient (Wildman–Crippen LogP) is 4.17. The molecule has 0 bridgehead atoms. The Hall–Kier alpha value is -1.36. The van der Waals surface area contributed by atoms with E-state index in [1.165, 1.54) is 0 Å². The van der Waals surface area contributed by atoms with Gasteiger partial charge >= 0.3 is 0 Å². The summed E-state index contributed by atoms with van der Waals surface area (Å²) >= 11 is 12.6. The molecule has 1 atom stereocenters. The molecule has 0 amide bonds. The predicted molar refractivity (Wildman–Crippen MR) is 95.2 cm³/mol. The van der Waals surface area contributed by atoms with Gasteiger partial charge in [-0.3, -0.25) is 4.90 Å². The molecular formula is C17H20Cl2N4. The fourth-order valence-electron chi connectivity index (χ4n) is 2.92. The van der Waals surface area contributed by atoms with Crippen molar-refractivity contribution in [3.8, 4) is 0 Å². The van der Waals surface area contributed by atoms with Crippen LogP contribution < -0.4 is 5.32 Å². The Balaban J connectivity index is 1.64. The summed E-state index contributed by atoms with van der Waals surface area (Å²) in [5.74, 6) is 0.702. The number of nitrogens with zero attached hydrogens (tertiary/aromatic N) is 3. The van der Waals surface area contributed by atoms with Gasteiger partial charge in [-0.15, -0.1) is 0 Å². The molecule has 6 heteroatoms. The molecule has 23 heavy (non-hydrogen) atoms. The van der Waals surface area contributed by atoms with Crippen molar-refractivity contribution in [3.63, 3.8) is 0 Å². The number of aromatic nitrogens is 2. The van der Waals surface area contributed by atoms with Crippen molar-refractivity contribution < 1.29 is 0 Å². The summed E-state index contributed by atoms with van der Waals surface area (Å²) < 4.78 is 0. The average Bonchev–Trinajstić information content (AvgIpc) is 2.52. The van der Waals surface area contributed by atoms with Crippen molar-refractivity contribution in [2.45, 2.75) is 32.4 Å². The van der Waals surface area contributed by atoms with Crippen molar-refractivity contribution in [1.29, 1.82) is 0 Å². The lowest BCUT2D eigenvalue weighted by atomic mass is 10.0. The van der Waals surface area contributed by atoms with E-state index in [0.717, 1.165) is 53.8 Å². The van der Waals surface area contributed by atoms with Crippen LogP contribution in [0.15, 0.2) is 30.5 Å². The van der Waals surface area contributed by atoms with E-state index >= 15 is 0 Å². The minimum absolute atomic E-state index is 0.340. The molecule has 1 aromatic heterocycles. The number of piperidine rings is 1. The molecule has 1 N–H and O–H groups in total. The zero-order valence-corrected chi connectivity index (χ0v) is 14.6. The van der Waals surface area contributed by atoms with E-state index in [1.54, 1.807) is 6.20 Å². The average molecular weight is 351 g/mol. The molecule has 1 aliphatic rings. The van der Waals surface area contributed by atoms with Crippen LogP contribution in [0, 0.1) is 6.92 Å². The molecule has 1 aromatic carbocycles. The van der Waals surface area contributed by atoms with Crippen LogP contribution in [0.25, 0.3) is 0 Å². The van der Waals surface area contributed by atoms with Crippen LogP contribution >= 0.6 is 23.2 Å². The highest BCUT2D eigenvalue weighted by Gasteiger charge is 2.21. The summed E-state index contributed by atoms with van der Waals surface area (Å²) in [6.07, 6.45) is 4.03. The molecule has 0 aliphatic carbocycles. The number of rotatable bonds is 4. The first-order valence-corrected chi connectivity index (χ1v) is 8.59. The quantitative estimate of drug-likeness (QED) is 0.898. The van der Waals surface area contributed by atoms with Gasteiger partial charge in [0.2, 0.25) is 5.95 Å². The van der Waals surface area contributed by atoms with E-state index in [0.29, 0.717) is 12.0 Å². The van der Waals surface area contributed by atoms with Gasteiger partial charge in [-0.2, -0.15) is 0 Å². The maximum Gasteiger partial charge on any atom is 0.223 e. The number of nitrogens with one attached hydrogen (secondary N) is 1. The number of halogens is 2. The van der Waals surface area contributed by atoms with Gasteiger partial charge in [0, 0.05) is 46.6 Å². The fraction of sp³-hybridized carbons (Fsp3) is 0.412. The summed E-state index contributed by atoms with van der Waals surface area (Å²) in [7, 11) is 0. The normalized spacial score (nSPS) is 18.8. The molecule has 0 radical (unpaired) electrons. The lowest BCUT2D eigenvalue weighted by molar-refractivity contribution is 0.208. The molecule has 2 heterocycles. The van der Waals surface area contributed by atoms with Crippen LogP contribution in [0.4, 0.5) is 5.95 Å². The van der Waals surface area contributed by atoms with E-state index in [9.17, 15) is 0 Å². The molecule has 3 rings (SSSR count). The van der Waals surface area contributed by atoms with Crippen LogP contribution in [0.5, 0.6) is 0 Å². The molecule has 122 valence electrons. The third-order valence-corrected chi connectivity index (χ3v) is 4.79. The van der Waals surface area contributed by atoms with Gasteiger partial charge in [0.15, 0.2) is 0 Å². The standard InChI is InChI=1S/C17H20Cl2N4/c1-12-7-8-20-17(21-12)22-13-4-3-9-23(10-13)11-14-15(18)5-2-6-16(14)19/h2,5-8,13H,3-4,9-11H2,1H3,(H,20,21,22). The molecule has 1 fully saturated rings. The van der Waals surface area contributed by atoms with E-state index in [4.69, 9.17) is 23.2 Å². The molecule has 0 spiro atoms. The first-order chi connectivity index (χ1) is 11.1. The summed E-state index contributed by atoms with van der Waals surface area (Å²) in [6.45, 7) is 4.72. The second-order valence-electron chi connectivity index (χ2n) is 5.94. The smallest absolute Gasteiger partial charge is 0.223 e. The van der Waals surface area contributed by atoms with Crippen LogP contribution in [-0.4, -0.2) is 34.0 Å². The van der Waals surface area contributed by atoms with Crippen LogP contribution in [0.2, 0.25) is 10.0 Å². The fourth-order valence-corrected chi connectivity index (χ4v) is 3.44. The highest BCUT2D eigenvalue weighted by atomic mass is 35.5. The van der Waals surface area contributed by atoms with Gasteiger partial charge in [-0.05, 0) is 44.5 Å².